The molecule has 0 spiro atoms. The van der Waals surface area contributed by atoms with Crippen LogP contribution >= 0.6 is 11.3 Å². The number of carbonyl (C=O) groups excluding carboxylic acids is 1. The maximum Gasteiger partial charge on any atom is 0.321 e. The van der Waals surface area contributed by atoms with Gasteiger partial charge >= 0.3 is 6.03 Å². The number of amides is 2. The molecule has 2 aromatic rings. The summed E-state index contributed by atoms with van der Waals surface area (Å²) >= 11 is 1.42. The van der Waals surface area contributed by atoms with Gasteiger partial charge in [0.15, 0.2) is 5.13 Å². The monoisotopic (exact) mass is 332 g/mol. The molecule has 1 aromatic heterocycles. The Morgan fingerprint density at radius 2 is 2.04 bits per heavy atom. The topological polar surface area (TPSA) is 66.5 Å². The van der Waals surface area contributed by atoms with Crippen molar-refractivity contribution in [2.75, 3.05) is 44.7 Å². The standard InChI is InChI=1S/C16H20N4O2S/c21-15(17-6-7-20-8-10-22-11-9-20)19-16-18-14(12-23-16)13-4-2-1-3-5-13/h1-5,12H,6-11H2,(H2,17,18,19,21). The number of benzene rings is 1. The Bertz CT molecular complexity index is 626. The minimum atomic E-state index is -0.216. The normalized spacial score (nSPS) is 15.3. The number of anilines is 1. The van der Waals surface area contributed by atoms with Gasteiger partial charge in [0.25, 0.3) is 0 Å². The zero-order valence-electron chi connectivity index (χ0n) is 12.8. The maximum absolute atomic E-state index is 11.9. The van der Waals surface area contributed by atoms with Crippen molar-refractivity contribution in [2.24, 2.45) is 0 Å². The van der Waals surface area contributed by atoms with Crippen LogP contribution in [-0.4, -0.2) is 55.3 Å². The molecule has 2 amide bonds. The Balaban J connectivity index is 1.44. The summed E-state index contributed by atoms with van der Waals surface area (Å²) < 4.78 is 5.30. The van der Waals surface area contributed by atoms with E-state index in [1.807, 2.05) is 35.7 Å². The number of thiazole rings is 1. The molecular weight excluding hydrogens is 312 g/mol. The van der Waals surface area contributed by atoms with Gasteiger partial charge in [-0.3, -0.25) is 10.2 Å². The first kappa shape index (κ1) is 15.9. The molecule has 2 heterocycles. The van der Waals surface area contributed by atoms with E-state index < -0.39 is 0 Å². The van der Waals surface area contributed by atoms with E-state index in [4.69, 9.17) is 4.74 Å². The number of nitrogens with one attached hydrogen (secondary N) is 2. The van der Waals surface area contributed by atoms with Gasteiger partial charge in [-0.25, -0.2) is 9.78 Å². The zero-order chi connectivity index (χ0) is 15.9. The first-order chi connectivity index (χ1) is 11.3. The van der Waals surface area contributed by atoms with Crippen LogP contribution in [0, 0.1) is 0 Å². The highest BCUT2D eigenvalue weighted by molar-refractivity contribution is 7.14. The Kier molecular flexibility index (Phi) is 5.57. The second kappa shape index (κ2) is 8.05. The van der Waals surface area contributed by atoms with Crippen molar-refractivity contribution in [2.45, 2.75) is 0 Å². The molecule has 1 aliphatic rings. The summed E-state index contributed by atoms with van der Waals surface area (Å²) in [5.74, 6) is 0. The second-order valence-corrected chi connectivity index (χ2v) is 6.10. The lowest BCUT2D eigenvalue weighted by atomic mass is 10.2. The van der Waals surface area contributed by atoms with Crippen molar-refractivity contribution < 1.29 is 9.53 Å². The van der Waals surface area contributed by atoms with Gasteiger partial charge in [-0.1, -0.05) is 30.3 Å². The summed E-state index contributed by atoms with van der Waals surface area (Å²) in [4.78, 5) is 18.6. The molecule has 0 bridgehead atoms. The van der Waals surface area contributed by atoms with Crippen molar-refractivity contribution in [1.82, 2.24) is 15.2 Å². The van der Waals surface area contributed by atoms with Crippen LogP contribution in [0.5, 0.6) is 0 Å². The fraction of sp³-hybridized carbons (Fsp3) is 0.375. The predicted molar refractivity (Wildman–Crippen MR) is 91.8 cm³/mol. The highest BCUT2D eigenvalue weighted by Crippen LogP contribution is 2.24. The van der Waals surface area contributed by atoms with Gasteiger partial charge < -0.3 is 10.1 Å². The van der Waals surface area contributed by atoms with E-state index in [0.29, 0.717) is 11.7 Å². The van der Waals surface area contributed by atoms with E-state index in [2.05, 4.69) is 20.5 Å². The fourth-order valence-corrected chi connectivity index (χ4v) is 3.08. The van der Waals surface area contributed by atoms with Gasteiger partial charge in [0.1, 0.15) is 0 Å². The molecule has 1 fully saturated rings. The van der Waals surface area contributed by atoms with Gasteiger partial charge in [0, 0.05) is 37.1 Å². The number of aromatic nitrogens is 1. The van der Waals surface area contributed by atoms with E-state index in [-0.39, 0.29) is 6.03 Å². The molecule has 6 nitrogen and oxygen atoms in total. The average molecular weight is 332 g/mol. The van der Waals surface area contributed by atoms with E-state index in [1.54, 1.807) is 0 Å². The number of morpholine rings is 1. The Morgan fingerprint density at radius 1 is 1.26 bits per heavy atom. The van der Waals surface area contributed by atoms with Gasteiger partial charge in [0.05, 0.1) is 18.9 Å². The first-order valence-corrected chi connectivity index (χ1v) is 8.55. The Hall–Kier alpha value is -1.96. The lowest BCUT2D eigenvalue weighted by molar-refractivity contribution is 0.0388. The second-order valence-electron chi connectivity index (χ2n) is 5.24. The maximum atomic E-state index is 11.9. The molecule has 0 aliphatic carbocycles. The van der Waals surface area contributed by atoms with Crippen LogP contribution in [0.15, 0.2) is 35.7 Å². The number of hydrogen-bond donors (Lipinski definition) is 2. The molecule has 1 saturated heterocycles. The molecule has 2 N–H and O–H groups in total. The summed E-state index contributed by atoms with van der Waals surface area (Å²) in [5, 5.41) is 8.19. The number of nitrogens with zero attached hydrogens (tertiary/aromatic N) is 2. The van der Waals surface area contributed by atoms with Crippen LogP contribution < -0.4 is 10.6 Å². The SMILES string of the molecule is O=C(NCCN1CCOCC1)Nc1nc(-c2ccccc2)cs1. The lowest BCUT2D eigenvalue weighted by Crippen LogP contribution is -2.42. The van der Waals surface area contributed by atoms with E-state index >= 15 is 0 Å². The first-order valence-electron chi connectivity index (χ1n) is 7.67. The molecular formula is C16H20N4O2S. The van der Waals surface area contributed by atoms with Crippen molar-refractivity contribution in [1.29, 1.82) is 0 Å². The predicted octanol–water partition coefficient (Wildman–Crippen LogP) is 2.26. The van der Waals surface area contributed by atoms with Crippen LogP contribution in [0.4, 0.5) is 9.93 Å². The molecule has 23 heavy (non-hydrogen) atoms. The average Bonchev–Trinajstić information content (AvgIpc) is 3.05. The highest BCUT2D eigenvalue weighted by Gasteiger charge is 2.11. The third kappa shape index (κ3) is 4.75. The van der Waals surface area contributed by atoms with Gasteiger partial charge in [-0.15, -0.1) is 11.3 Å². The fourth-order valence-electron chi connectivity index (χ4n) is 2.37. The summed E-state index contributed by atoms with van der Waals surface area (Å²) in [6.07, 6.45) is 0. The number of ether oxygens (including phenoxy) is 1. The minimum absolute atomic E-state index is 0.216. The van der Waals surface area contributed by atoms with Crippen LogP contribution in [-0.2, 0) is 4.74 Å². The van der Waals surface area contributed by atoms with Crippen molar-refractivity contribution in [3.63, 3.8) is 0 Å². The molecule has 0 atom stereocenters. The molecule has 1 aliphatic heterocycles. The molecule has 0 unspecified atom stereocenters. The Labute approximate surface area is 139 Å². The molecule has 3 rings (SSSR count). The lowest BCUT2D eigenvalue weighted by Gasteiger charge is -2.26. The quantitative estimate of drug-likeness (QED) is 0.881. The number of hydrogen-bond acceptors (Lipinski definition) is 5. The highest BCUT2D eigenvalue weighted by atomic mass is 32.1. The zero-order valence-corrected chi connectivity index (χ0v) is 13.6. The molecule has 0 saturated carbocycles. The smallest absolute Gasteiger partial charge is 0.321 e. The summed E-state index contributed by atoms with van der Waals surface area (Å²) in [7, 11) is 0. The van der Waals surface area contributed by atoms with Crippen LogP contribution in [0.2, 0.25) is 0 Å². The number of rotatable bonds is 5. The van der Waals surface area contributed by atoms with Crippen molar-refractivity contribution in [3.05, 3.63) is 35.7 Å². The van der Waals surface area contributed by atoms with Crippen LogP contribution in [0.3, 0.4) is 0 Å². The van der Waals surface area contributed by atoms with Gasteiger partial charge in [-0.05, 0) is 0 Å². The third-order valence-electron chi connectivity index (χ3n) is 3.61. The van der Waals surface area contributed by atoms with E-state index in [0.717, 1.165) is 44.1 Å². The molecule has 1 aromatic carbocycles. The van der Waals surface area contributed by atoms with Crippen molar-refractivity contribution >= 4 is 22.5 Å². The van der Waals surface area contributed by atoms with E-state index in [9.17, 15) is 4.79 Å². The number of urea groups is 1. The van der Waals surface area contributed by atoms with Crippen molar-refractivity contribution in [3.8, 4) is 11.3 Å². The molecule has 122 valence electrons. The van der Waals surface area contributed by atoms with Crippen LogP contribution in [0.25, 0.3) is 11.3 Å². The van der Waals surface area contributed by atoms with Gasteiger partial charge in [0.2, 0.25) is 0 Å². The number of carbonyl (C=O) groups is 1. The van der Waals surface area contributed by atoms with E-state index in [1.165, 1.54) is 11.3 Å². The summed E-state index contributed by atoms with van der Waals surface area (Å²) in [6, 6.07) is 9.70. The summed E-state index contributed by atoms with van der Waals surface area (Å²) in [5.41, 5.74) is 1.92. The minimum Gasteiger partial charge on any atom is -0.379 e. The van der Waals surface area contributed by atoms with Gasteiger partial charge in [-0.2, -0.15) is 0 Å². The Morgan fingerprint density at radius 3 is 2.83 bits per heavy atom. The molecule has 0 radical (unpaired) electrons. The summed E-state index contributed by atoms with van der Waals surface area (Å²) in [6.45, 7) is 4.85. The largest absolute Gasteiger partial charge is 0.379 e. The van der Waals surface area contributed by atoms with Crippen LogP contribution in [0.1, 0.15) is 0 Å². The molecule has 7 heteroatoms. The third-order valence-corrected chi connectivity index (χ3v) is 4.37.